The predicted octanol–water partition coefficient (Wildman–Crippen LogP) is 1.09. The van der Waals surface area contributed by atoms with Crippen molar-refractivity contribution in [2.24, 2.45) is 10.9 Å². The molecule has 0 aromatic heterocycles. The van der Waals surface area contributed by atoms with Gasteiger partial charge in [-0.2, -0.15) is 0 Å². The lowest BCUT2D eigenvalue weighted by Crippen LogP contribution is -2.48. The smallest absolute Gasteiger partial charge is 0.308 e. The third-order valence-electron chi connectivity index (χ3n) is 4.01. The van der Waals surface area contributed by atoms with E-state index in [0.717, 1.165) is 18.5 Å². The molecule has 7 heteroatoms. The number of carbonyl (C=O) groups excluding carboxylic acids is 2. The average molecular weight is 332 g/mol. The minimum Gasteiger partial charge on any atom is -0.469 e. The van der Waals surface area contributed by atoms with Gasteiger partial charge in [0.05, 0.1) is 19.6 Å². The zero-order chi connectivity index (χ0) is 17.4. The summed E-state index contributed by atoms with van der Waals surface area (Å²) in [5.74, 6) is 0.332. The molecule has 24 heavy (non-hydrogen) atoms. The van der Waals surface area contributed by atoms with Crippen LogP contribution >= 0.6 is 0 Å². The third-order valence-corrected chi connectivity index (χ3v) is 4.01. The van der Waals surface area contributed by atoms with Crippen LogP contribution in [0.2, 0.25) is 0 Å². The van der Waals surface area contributed by atoms with E-state index in [1.807, 2.05) is 30.3 Å². The summed E-state index contributed by atoms with van der Waals surface area (Å²) in [4.78, 5) is 29.8. The largest absolute Gasteiger partial charge is 0.469 e. The Morgan fingerprint density at radius 1 is 1.25 bits per heavy atom. The second-order valence-corrected chi connectivity index (χ2v) is 5.60. The first-order chi connectivity index (χ1) is 11.6. The predicted molar refractivity (Wildman–Crippen MR) is 92.7 cm³/mol. The summed E-state index contributed by atoms with van der Waals surface area (Å²) in [5, 5.41) is 5.88. The molecule has 7 nitrogen and oxygen atoms in total. The van der Waals surface area contributed by atoms with E-state index in [4.69, 9.17) is 4.74 Å². The zero-order valence-electron chi connectivity index (χ0n) is 14.1. The highest BCUT2D eigenvalue weighted by molar-refractivity contribution is 5.95. The molecular weight excluding hydrogens is 308 g/mol. The molecule has 1 aliphatic rings. The highest BCUT2D eigenvalue weighted by atomic mass is 16.5. The van der Waals surface area contributed by atoms with Crippen LogP contribution in [-0.4, -0.2) is 56.5 Å². The van der Waals surface area contributed by atoms with Crippen LogP contribution in [0.5, 0.6) is 0 Å². The molecule has 1 heterocycles. The molecule has 1 aromatic rings. The second-order valence-electron chi connectivity index (χ2n) is 5.60. The number of methoxy groups -OCH3 is 1. The summed E-state index contributed by atoms with van der Waals surface area (Å²) in [6.45, 7) is 1.55. The van der Waals surface area contributed by atoms with Crippen LogP contribution in [0.3, 0.4) is 0 Å². The number of anilines is 1. The topological polar surface area (TPSA) is 83.0 Å². The van der Waals surface area contributed by atoms with Gasteiger partial charge in [-0.25, -0.2) is 0 Å². The third kappa shape index (κ3) is 4.97. The minimum atomic E-state index is -0.153. The quantitative estimate of drug-likeness (QED) is 0.490. The number of guanidine groups is 1. The van der Waals surface area contributed by atoms with Crippen LogP contribution in [0.15, 0.2) is 35.3 Å². The van der Waals surface area contributed by atoms with E-state index in [1.54, 1.807) is 7.05 Å². The number of ether oxygens (including phenoxy) is 1. The molecule has 1 aliphatic heterocycles. The highest BCUT2D eigenvalue weighted by Crippen LogP contribution is 2.18. The first-order valence-electron chi connectivity index (χ1n) is 8.02. The van der Waals surface area contributed by atoms with E-state index >= 15 is 0 Å². The number of piperidine rings is 1. The van der Waals surface area contributed by atoms with Crippen molar-refractivity contribution >= 4 is 23.5 Å². The molecule has 1 amide bonds. The summed E-state index contributed by atoms with van der Waals surface area (Å²) in [6.07, 6.45) is 1.45. The zero-order valence-corrected chi connectivity index (χ0v) is 14.1. The lowest BCUT2D eigenvalue weighted by molar-refractivity contribution is -0.146. The maximum atomic E-state index is 12.0. The van der Waals surface area contributed by atoms with Gasteiger partial charge in [0.2, 0.25) is 5.91 Å². The van der Waals surface area contributed by atoms with Gasteiger partial charge >= 0.3 is 5.97 Å². The van der Waals surface area contributed by atoms with Crippen molar-refractivity contribution in [3.8, 4) is 0 Å². The molecule has 0 aliphatic carbocycles. The summed E-state index contributed by atoms with van der Waals surface area (Å²) < 4.78 is 4.79. The number of carbonyl (C=O) groups is 2. The van der Waals surface area contributed by atoms with Crippen molar-refractivity contribution in [3.05, 3.63) is 30.3 Å². The molecule has 0 spiro atoms. The lowest BCUT2D eigenvalue weighted by atomic mass is 9.97. The van der Waals surface area contributed by atoms with E-state index in [0.29, 0.717) is 19.0 Å². The Balaban J connectivity index is 1.79. The van der Waals surface area contributed by atoms with Crippen LogP contribution in [0.4, 0.5) is 5.69 Å². The van der Waals surface area contributed by atoms with Crippen LogP contribution in [0.1, 0.15) is 12.8 Å². The summed E-state index contributed by atoms with van der Waals surface area (Å²) >= 11 is 0. The molecule has 0 atom stereocenters. The minimum absolute atomic E-state index is 0.0502. The van der Waals surface area contributed by atoms with Crippen molar-refractivity contribution < 1.29 is 14.3 Å². The molecule has 2 rings (SSSR count). The molecule has 130 valence electrons. The Morgan fingerprint density at radius 3 is 2.50 bits per heavy atom. The monoisotopic (exact) mass is 332 g/mol. The molecule has 2 N–H and O–H groups in total. The number of amides is 1. The molecule has 1 fully saturated rings. The van der Waals surface area contributed by atoms with Gasteiger partial charge in [0.15, 0.2) is 5.96 Å². The van der Waals surface area contributed by atoms with Crippen LogP contribution in [0, 0.1) is 5.92 Å². The number of nitrogens with one attached hydrogen (secondary N) is 2. The number of rotatable bonds is 4. The van der Waals surface area contributed by atoms with Gasteiger partial charge in [0, 0.05) is 25.8 Å². The fraction of sp³-hybridized carbons (Fsp3) is 0.471. The SMILES string of the molecule is CN=C(NCC(=O)Nc1ccccc1)N1CCC(C(=O)OC)CC1. The van der Waals surface area contributed by atoms with E-state index in [9.17, 15) is 9.59 Å². The van der Waals surface area contributed by atoms with Gasteiger partial charge in [-0.1, -0.05) is 18.2 Å². The molecular formula is C17H24N4O3. The molecule has 0 unspecified atom stereocenters. The molecule has 0 bridgehead atoms. The number of nitrogens with zero attached hydrogens (tertiary/aromatic N) is 2. The van der Waals surface area contributed by atoms with Crippen molar-refractivity contribution in [2.45, 2.75) is 12.8 Å². The Kier molecular flexibility index (Phi) is 6.60. The normalized spacial score (nSPS) is 15.8. The van der Waals surface area contributed by atoms with E-state index in [-0.39, 0.29) is 24.3 Å². The lowest BCUT2D eigenvalue weighted by Gasteiger charge is -2.33. The average Bonchev–Trinajstić information content (AvgIpc) is 2.63. The van der Waals surface area contributed by atoms with Crippen molar-refractivity contribution in [3.63, 3.8) is 0 Å². The maximum Gasteiger partial charge on any atom is 0.308 e. The first-order valence-corrected chi connectivity index (χ1v) is 8.02. The Morgan fingerprint density at radius 2 is 1.92 bits per heavy atom. The maximum absolute atomic E-state index is 12.0. The van der Waals surface area contributed by atoms with E-state index in [1.165, 1.54) is 7.11 Å². The number of esters is 1. The Bertz CT molecular complexity index is 581. The first kappa shape index (κ1) is 17.8. The molecule has 0 saturated carbocycles. The summed E-state index contributed by atoms with van der Waals surface area (Å²) in [7, 11) is 3.10. The fourth-order valence-electron chi connectivity index (χ4n) is 2.71. The number of benzene rings is 1. The van der Waals surface area contributed by atoms with Crippen LogP contribution in [-0.2, 0) is 14.3 Å². The second kappa shape index (κ2) is 8.90. The van der Waals surface area contributed by atoms with Gasteiger partial charge in [0.25, 0.3) is 0 Å². The van der Waals surface area contributed by atoms with Crippen LogP contribution < -0.4 is 10.6 Å². The van der Waals surface area contributed by atoms with E-state index < -0.39 is 0 Å². The van der Waals surface area contributed by atoms with Gasteiger partial charge in [-0.15, -0.1) is 0 Å². The van der Waals surface area contributed by atoms with Crippen LogP contribution in [0.25, 0.3) is 0 Å². The van der Waals surface area contributed by atoms with Gasteiger partial charge in [0.1, 0.15) is 0 Å². The number of likely N-dealkylation sites (tertiary alicyclic amines) is 1. The summed E-state index contributed by atoms with van der Waals surface area (Å²) in [6, 6.07) is 9.31. The summed E-state index contributed by atoms with van der Waals surface area (Å²) in [5.41, 5.74) is 0.762. The standard InChI is InChI=1S/C17H24N4O3/c1-18-17(21-10-8-13(9-11-21)16(23)24-2)19-12-15(22)20-14-6-4-3-5-7-14/h3-7,13H,8-12H2,1-2H3,(H,18,19)(H,20,22). The number of aliphatic imine (C=N–C) groups is 1. The molecule has 1 aromatic carbocycles. The van der Waals surface area contributed by atoms with Crippen molar-refractivity contribution in [1.29, 1.82) is 0 Å². The number of para-hydroxylation sites is 1. The Labute approximate surface area is 142 Å². The van der Waals surface area contributed by atoms with E-state index in [2.05, 4.69) is 20.5 Å². The number of hydrogen-bond donors (Lipinski definition) is 2. The number of hydrogen-bond acceptors (Lipinski definition) is 4. The Hall–Kier alpha value is -2.57. The molecule has 1 saturated heterocycles. The van der Waals surface area contributed by atoms with Gasteiger partial charge in [-0.3, -0.25) is 14.6 Å². The van der Waals surface area contributed by atoms with Crippen molar-refractivity contribution in [1.82, 2.24) is 10.2 Å². The van der Waals surface area contributed by atoms with Gasteiger partial charge in [-0.05, 0) is 25.0 Å². The van der Waals surface area contributed by atoms with Gasteiger partial charge < -0.3 is 20.3 Å². The fourth-order valence-corrected chi connectivity index (χ4v) is 2.71. The highest BCUT2D eigenvalue weighted by Gasteiger charge is 2.27. The molecule has 0 radical (unpaired) electrons. The van der Waals surface area contributed by atoms with Crippen molar-refractivity contribution in [2.75, 3.05) is 39.1 Å².